The van der Waals surface area contributed by atoms with Crippen molar-refractivity contribution < 1.29 is 0 Å². The third-order valence-electron chi connectivity index (χ3n) is 4.83. The van der Waals surface area contributed by atoms with Gasteiger partial charge in [0.2, 0.25) is 5.95 Å². The van der Waals surface area contributed by atoms with Crippen molar-refractivity contribution in [2.45, 2.75) is 6.42 Å². The molecule has 0 amide bonds. The maximum Gasteiger partial charge on any atom is 0.221 e. The number of nitrogen functional groups attached to an aromatic ring is 1. The Morgan fingerprint density at radius 3 is 2.61 bits per heavy atom. The van der Waals surface area contributed by atoms with E-state index in [9.17, 15) is 0 Å². The Morgan fingerprint density at radius 1 is 1.00 bits per heavy atom. The predicted octanol–water partition coefficient (Wildman–Crippen LogP) is 3.46. The van der Waals surface area contributed by atoms with Gasteiger partial charge in [-0.2, -0.15) is 4.98 Å². The number of pyridine rings is 1. The van der Waals surface area contributed by atoms with Crippen LogP contribution in [0.1, 0.15) is 6.42 Å². The largest absolute Gasteiger partial charge is 0.369 e. The molecular weight excluding hydrogens is 348 g/mol. The number of rotatable bonds is 7. The van der Waals surface area contributed by atoms with E-state index in [0.29, 0.717) is 0 Å². The van der Waals surface area contributed by atoms with E-state index < -0.39 is 0 Å². The fourth-order valence-electron chi connectivity index (χ4n) is 3.37. The van der Waals surface area contributed by atoms with Gasteiger partial charge in [-0.1, -0.05) is 30.4 Å². The standard InChI is InChI=1S/C22H24N6/c23-22-26-16-20(21(27-22)25-9-4-14-28-12-1-2-13-28)19-6-3-5-18(15-19)17-7-10-24-11-8-17/h1-3,5-8,10-11,15-16H,4,9,12-14H2,(H3,23,25,26,27). The van der Waals surface area contributed by atoms with Gasteiger partial charge in [-0.3, -0.25) is 9.88 Å². The summed E-state index contributed by atoms with van der Waals surface area (Å²) in [5.41, 5.74) is 10.1. The number of hydrogen-bond donors (Lipinski definition) is 2. The van der Waals surface area contributed by atoms with E-state index in [2.05, 4.69) is 55.5 Å². The van der Waals surface area contributed by atoms with E-state index in [-0.39, 0.29) is 5.95 Å². The van der Waals surface area contributed by atoms with Crippen LogP contribution in [-0.2, 0) is 0 Å². The summed E-state index contributed by atoms with van der Waals surface area (Å²) in [4.78, 5) is 15.2. The summed E-state index contributed by atoms with van der Waals surface area (Å²) in [5, 5.41) is 3.45. The van der Waals surface area contributed by atoms with Gasteiger partial charge >= 0.3 is 0 Å². The van der Waals surface area contributed by atoms with Gasteiger partial charge in [-0.05, 0) is 41.3 Å². The topological polar surface area (TPSA) is 80.0 Å². The fourth-order valence-corrected chi connectivity index (χ4v) is 3.37. The number of benzene rings is 1. The number of nitrogens with zero attached hydrogens (tertiary/aromatic N) is 4. The molecule has 2 aromatic heterocycles. The van der Waals surface area contributed by atoms with Gasteiger partial charge in [-0.15, -0.1) is 0 Å². The summed E-state index contributed by atoms with van der Waals surface area (Å²) in [5.74, 6) is 1.05. The average Bonchev–Trinajstić information content (AvgIpc) is 3.26. The molecule has 0 spiro atoms. The molecule has 3 heterocycles. The van der Waals surface area contributed by atoms with Crippen molar-refractivity contribution in [2.75, 3.05) is 37.2 Å². The smallest absolute Gasteiger partial charge is 0.221 e. The summed E-state index contributed by atoms with van der Waals surface area (Å²) in [7, 11) is 0. The molecule has 4 rings (SSSR count). The fraction of sp³-hybridized carbons (Fsp3) is 0.227. The molecule has 28 heavy (non-hydrogen) atoms. The van der Waals surface area contributed by atoms with Gasteiger partial charge in [0.25, 0.3) is 0 Å². The van der Waals surface area contributed by atoms with E-state index >= 15 is 0 Å². The molecule has 1 aliphatic rings. The highest BCUT2D eigenvalue weighted by atomic mass is 15.1. The van der Waals surface area contributed by atoms with Gasteiger partial charge in [0, 0.05) is 50.3 Å². The van der Waals surface area contributed by atoms with Crippen LogP contribution in [0.4, 0.5) is 11.8 Å². The van der Waals surface area contributed by atoms with Crippen LogP contribution >= 0.6 is 0 Å². The first-order valence-corrected chi connectivity index (χ1v) is 9.54. The lowest BCUT2D eigenvalue weighted by Gasteiger charge is -2.16. The average molecular weight is 372 g/mol. The minimum absolute atomic E-state index is 0.278. The summed E-state index contributed by atoms with van der Waals surface area (Å²) in [6.07, 6.45) is 10.9. The second-order valence-corrected chi connectivity index (χ2v) is 6.82. The van der Waals surface area contributed by atoms with Crippen LogP contribution in [0.5, 0.6) is 0 Å². The van der Waals surface area contributed by atoms with Crippen molar-refractivity contribution in [1.82, 2.24) is 19.9 Å². The lowest BCUT2D eigenvalue weighted by atomic mass is 10.0. The Bertz CT molecular complexity index is 946. The minimum atomic E-state index is 0.278. The monoisotopic (exact) mass is 372 g/mol. The molecule has 6 heteroatoms. The van der Waals surface area contributed by atoms with E-state index in [1.54, 1.807) is 18.6 Å². The molecule has 142 valence electrons. The maximum absolute atomic E-state index is 5.84. The molecule has 0 fully saturated rings. The van der Waals surface area contributed by atoms with Crippen LogP contribution in [0.25, 0.3) is 22.3 Å². The number of anilines is 2. The molecule has 0 bridgehead atoms. The molecule has 0 atom stereocenters. The third-order valence-corrected chi connectivity index (χ3v) is 4.83. The first kappa shape index (κ1) is 18.1. The van der Waals surface area contributed by atoms with Gasteiger partial charge in [0.15, 0.2) is 0 Å². The molecular formula is C22H24N6. The van der Waals surface area contributed by atoms with Crippen LogP contribution in [0, 0.1) is 0 Å². The SMILES string of the molecule is Nc1ncc(-c2cccc(-c3ccncc3)c2)c(NCCCN2CC=CC2)n1. The zero-order valence-corrected chi connectivity index (χ0v) is 15.8. The van der Waals surface area contributed by atoms with Crippen molar-refractivity contribution in [3.63, 3.8) is 0 Å². The Labute approximate surface area is 165 Å². The van der Waals surface area contributed by atoms with Crippen molar-refractivity contribution in [2.24, 2.45) is 0 Å². The molecule has 0 aliphatic carbocycles. The first-order chi connectivity index (χ1) is 13.8. The van der Waals surface area contributed by atoms with E-state index in [1.165, 1.54) is 0 Å². The summed E-state index contributed by atoms with van der Waals surface area (Å²) < 4.78 is 0. The summed E-state index contributed by atoms with van der Waals surface area (Å²) in [6, 6.07) is 12.4. The van der Waals surface area contributed by atoms with Gasteiger partial charge in [-0.25, -0.2) is 4.98 Å². The van der Waals surface area contributed by atoms with E-state index in [0.717, 1.165) is 60.7 Å². The first-order valence-electron chi connectivity index (χ1n) is 9.54. The molecule has 1 aromatic carbocycles. The molecule has 6 nitrogen and oxygen atoms in total. The minimum Gasteiger partial charge on any atom is -0.369 e. The zero-order valence-electron chi connectivity index (χ0n) is 15.8. The second kappa shape index (κ2) is 8.63. The highest BCUT2D eigenvalue weighted by Gasteiger charge is 2.10. The number of hydrogen-bond acceptors (Lipinski definition) is 6. The highest BCUT2D eigenvalue weighted by Crippen LogP contribution is 2.30. The second-order valence-electron chi connectivity index (χ2n) is 6.82. The number of nitrogens with two attached hydrogens (primary N) is 1. The Kier molecular flexibility index (Phi) is 5.58. The van der Waals surface area contributed by atoms with E-state index in [1.807, 2.05) is 18.2 Å². The number of nitrogens with one attached hydrogen (secondary N) is 1. The van der Waals surface area contributed by atoms with Crippen molar-refractivity contribution in [1.29, 1.82) is 0 Å². The maximum atomic E-state index is 5.84. The molecule has 1 aliphatic heterocycles. The van der Waals surface area contributed by atoms with Crippen molar-refractivity contribution in [3.8, 4) is 22.3 Å². The van der Waals surface area contributed by atoms with Crippen LogP contribution in [-0.4, -0.2) is 46.0 Å². The predicted molar refractivity (Wildman–Crippen MR) is 114 cm³/mol. The van der Waals surface area contributed by atoms with Crippen LogP contribution in [0.3, 0.4) is 0 Å². The van der Waals surface area contributed by atoms with Crippen molar-refractivity contribution >= 4 is 11.8 Å². The van der Waals surface area contributed by atoms with Gasteiger partial charge in [0.05, 0.1) is 0 Å². The lowest BCUT2D eigenvalue weighted by molar-refractivity contribution is 0.351. The van der Waals surface area contributed by atoms with Crippen LogP contribution < -0.4 is 11.1 Å². The van der Waals surface area contributed by atoms with Gasteiger partial charge in [0.1, 0.15) is 5.82 Å². The van der Waals surface area contributed by atoms with Crippen molar-refractivity contribution in [3.05, 3.63) is 67.1 Å². The quantitative estimate of drug-likeness (QED) is 0.488. The normalized spacial score (nSPS) is 13.7. The molecule has 0 unspecified atom stereocenters. The Balaban J connectivity index is 1.51. The summed E-state index contributed by atoms with van der Waals surface area (Å²) in [6.45, 7) is 4.00. The molecule has 0 saturated carbocycles. The zero-order chi connectivity index (χ0) is 19.2. The van der Waals surface area contributed by atoms with Crippen LogP contribution in [0.2, 0.25) is 0 Å². The third kappa shape index (κ3) is 4.35. The Morgan fingerprint density at radius 2 is 1.79 bits per heavy atom. The molecule has 0 radical (unpaired) electrons. The lowest BCUT2D eigenvalue weighted by Crippen LogP contribution is -2.23. The molecule has 0 saturated heterocycles. The number of aromatic nitrogens is 3. The Hall–Kier alpha value is -3.25. The van der Waals surface area contributed by atoms with Gasteiger partial charge < -0.3 is 11.1 Å². The summed E-state index contributed by atoms with van der Waals surface area (Å²) >= 11 is 0. The van der Waals surface area contributed by atoms with E-state index in [4.69, 9.17) is 5.73 Å². The molecule has 3 N–H and O–H groups in total. The highest BCUT2D eigenvalue weighted by molar-refractivity contribution is 5.79. The van der Waals surface area contributed by atoms with Crippen LogP contribution in [0.15, 0.2) is 67.1 Å². The molecule has 3 aromatic rings.